The van der Waals surface area contributed by atoms with Crippen molar-refractivity contribution in [2.45, 2.75) is 51.7 Å². The van der Waals surface area contributed by atoms with Crippen LogP contribution in [0.5, 0.6) is 0 Å². The summed E-state index contributed by atoms with van der Waals surface area (Å²) < 4.78 is 5.72. The first-order valence-corrected chi connectivity index (χ1v) is 16.9. The molecule has 3 atom stereocenters. The van der Waals surface area contributed by atoms with E-state index in [0.717, 1.165) is 51.5 Å². The van der Waals surface area contributed by atoms with Gasteiger partial charge in [-0.15, -0.1) is 0 Å². The van der Waals surface area contributed by atoms with Gasteiger partial charge in [0.1, 0.15) is 0 Å². The Morgan fingerprint density at radius 3 is 2.04 bits per heavy atom. The summed E-state index contributed by atoms with van der Waals surface area (Å²) in [5, 5.41) is 11.8. The molecule has 4 heterocycles. The van der Waals surface area contributed by atoms with E-state index in [1.54, 1.807) is 36.0 Å². The van der Waals surface area contributed by atoms with Crippen molar-refractivity contribution >= 4 is 40.0 Å². The Morgan fingerprint density at radius 1 is 0.800 bits per heavy atom. The van der Waals surface area contributed by atoms with Crippen molar-refractivity contribution in [3.05, 3.63) is 77.1 Å². The van der Waals surface area contributed by atoms with Gasteiger partial charge in [-0.2, -0.15) is 0 Å². The van der Waals surface area contributed by atoms with Crippen LogP contribution < -0.4 is 10.6 Å². The lowest BCUT2D eigenvalue weighted by atomic mass is 10.1. The summed E-state index contributed by atoms with van der Waals surface area (Å²) in [7, 11) is 2.07. The van der Waals surface area contributed by atoms with E-state index in [1.807, 2.05) is 17.0 Å². The molecule has 0 spiro atoms. The minimum atomic E-state index is -0.332. The number of thioether (sulfide) groups is 1. The van der Waals surface area contributed by atoms with E-state index in [4.69, 9.17) is 4.74 Å². The van der Waals surface area contributed by atoms with E-state index in [2.05, 4.69) is 82.8 Å². The van der Waals surface area contributed by atoms with Crippen molar-refractivity contribution in [2.75, 3.05) is 63.6 Å². The second-order valence-corrected chi connectivity index (χ2v) is 13.6. The van der Waals surface area contributed by atoms with Crippen LogP contribution in [-0.2, 0) is 4.74 Å². The Hall–Kier alpha value is -3.51. The molecule has 3 fully saturated rings. The number of amides is 3. The molecule has 4 aliphatic heterocycles. The Kier molecular flexibility index (Phi) is 9.70. The first-order chi connectivity index (χ1) is 21.7. The van der Waals surface area contributed by atoms with Crippen LogP contribution in [0.15, 0.2) is 66.0 Å². The summed E-state index contributed by atoms with van der Waals surface area (Å²) in [6, 6.07) is 16.0. The van der Waals surface area contributed by atoms with Crippen LogP contribution in [0.2, 0.25) is 0 Å². The van der Waals surface area contributed by atoms with E-state index in [0.29, 0.717) is 35.1 Å². The molecule has 10 nitrogen and oxygen atoms in total. The zero-order valence-electron chi connectivity index (χ0n) is 26.7. The van der Waals surface area contributed by atoms with Crippen LogP contribution in [0.3, 0.4) is 0 Å². The first-order valence-electron chi connectivity index (χ1n) is 16.0. The van der Waals surface area contributed by atoms with Crippen LogP contribution in [-0.4, -0.2) is 108 Å². The zero-order valence-corrected chi connectivity index (χ0v) is 27.6. The maximum absolute atomic E-state index is 12.8. The number of rotatable bonds is 6. The maximum Gasteiger partial charge on any atom is 0.323 e. The molecule has 0 saturated carbocycles. The smallest absolute Gasteiger partial charge is 0.323 e. The van der Waals surface area contributed by atoms with Crippen molar-refractivity contribution in [2.24, 2.45) is 0 Å². The van der Waals surface area contributed by atoms with Gasteiger partial charge >= 0.3 is 6.03 Å². The van der Waals surface area contributed by atoms with E-state index < -0.39 is 0 Å². The number of hydrazine groups is 1. The van der Waals surface area contributed by atoms with Gasteiger partial charge in [-0.3, -0.25) is 9.80 Å². The fourth-order valence-corrected chi connectivity index (χ4v) is 7.62. The van der Waals surface area contributed by atoms with E-state index >= 15 is 0 Å². The molecule has 0 aromatic heterocycles. The van der Waals surface area contributed by atoms with Gasteiger partial charge in [-0.05, 0) is 82.6 Å². The average molecular weight is 632 g/mol. The Bertz CT molecular complexity index is 1410. The van der Waals surface area contributed by atoms with Crippen molar-refractivity contribution in [3.63, 3.8) is 0 Å². The minimum Gasteiger partial charge on any atom is -0.377 e. The highest BCUT2D eigenvalue weighted by molar-refractivity contribution is 8.11. The van der Waals surface area contributed by atoms with Gasteiger partial charge in [0.15, 0.2) is 0 Å². The molecule has 0 bridgehead atoms. The third-order valence-electron chi connectivity index (χ3n) is 9.14. The summed E-state index contributed by atoms with van der Waals surface area (Å²) in [5.74, 6) is 0.0278. The van der Waals surface area contributed by atoms with E-state index in [-0.39, 0.29) is 11.9 Å². The molecule has 0 aliphatic carbocycles. The number of benzene rings is 2. The average Bonchev–Trinajstić information content (AvgIpc) is 3.39. The number of anilines is 2. The van der Waals surface area contributed by atoms with Crippen LogP contribution in [0.25, 0.3) is 4.91 Å². The molecule has 3 saturated heterocycles. The lowest BCUT2D eigenvalue weighted by Gasteiger charge is -2.42. The standard InChI is InChI=1S/C34H45N7O3S/c1-24-5-6-25(2)41(24)39-21-31(45-32(22-39)40-19-20-44-23-26(40)3)27-7-11-29(12-8-27)35-34(43)36-30-13-9-28(10-14-30)33(42)38-17-15-37(4)16-18-38/h7-14,21-22,24-26H,5-6,15-20,23H2,1-4H3,(H2,35,36,43)/t24-,25+,26-/m1/s1. The normalized spacial score (nSPS) is 24.7. The molecule has 11 heteroatoms. The summed E-state index contributed by atoms with van der Waals surface area (Å²) in [4.78, 5) is 33.4. The largest absolute Gasteiger partial charge is 0.377 e. The van der Waals surface area contributed by atoms with Crippen molar-refractivity contribution in [1.82, 2.24) is 24.7 Å². The quantitative estimate of drug-likeness (QED) is 0.441. The lowest BCUT2D eigenvalue weighted by Crippen LogP contribution is -2.47. The topological polar surface area (TPSA) is 83.6 Å². The number of ether oxygens (including phenoxy) is 1. The summed E-state index contributed by atoms with van der Waals surface area (Å²) in [5.41, 5.74) is 3.06. The Balaban J connectivity index is 1.10. The molecule has 4 aliphatic rings. The van der Waals surface area contributed by atoms with Crippen LogP contribution >= 0.6 is 11.8 Å². The number of urea groups is 1. The number of hydrogen-bond acceptors (Lipinski definition) is 8. The SMILES string of the molecule is C[C@@H]1COCCN1C1=CN(N2[C@H](C)CC[C@@H]2C)C=C(c2ccc(NC(=O)Nc3ccc(C(=O)N4CCN(C)CC4)cc3)cc2)S1. The van der Waals surface area contributed by atoms with Gasteiger partial charge in [-0.25, -0.2) is 9.80 Å². The van der Waals surface area contributed by atoms with Crippen LogP contribution in [0, 0.1) is 0 Å². The first kappa shape index (κ1) is 31.5. The molecule has 2 aromatic rings. The molecule has 3 amide bonds. The molecule has 0 unspecified atom stereocenters. The molecule has 2 N–H and O–H groups in total. The van der Waals surface area contributed by atoms with Gasteiger partial charge < -0.3 is 30.1 Å². The molecule has 2 aromatic carbocycles. The van der Waals surface area contributed by atoms with Crippen molar-refractivity contribution in [3.8, 4) is 0 Å². The number of likely N-dealkylation sites (N-methyl/N-ethyl adjacent to an activating group) is 1. The van der Waals surface area contributed by atoms with Gasteiger partial charge in [0.2, 0.25) is 0 Å². The van der Waals surface area contributed by atoms with E-state index in [9.17, 15) is 9.59 Å². The maximum atomic E-state index is 12.8. The number of carbonyl (C=O) groups excluding carboxylic acids is 2. The number of piperazine rings is 1. The molecule has 0 radical (unpaired) electrons. The van der Waals surface area contributed by atoms with Gasteiger partial charge in [0.25, 0.3) is 5.91 Å². The Labute approximate surface area is 271 Å². The predicted octanol–water partition coefficient (Wildman–Crippen LogP) is 5.37. The summed E-state index contributed by atoms with van der Waals surface area (Å²) in [6.45, 7) is 12.4. The number of nitrogens with zero attached hydrogens (tertiary/aromatic N) is 5. The third-order valence-corrected chi connectivity index (χ3v) is 10.2. The minimum absolute atomic E-state index is 0.0278. The second-order valence-electron chi connectivity index (χ2n) is 12.5. The molecule has 45 heavy (non-hydrogen) atoms. The van der Waals surface area contributed by atoms with Crippen LogP contribution in [0.1, 0.15) is 49.5 Å². The second kappa shape index (κ2) is 13.9. The Morgan fingerprint density at radius 2 is 1.42 bits per heavy atom. The molecule has 240 valence electrons. The lowest BCUT2D eigenvalue weighted by molar-refractivity contribution is 0.00963. The number of morpholine rings is 1. The predicted molar refractivity (Wildman–Crippen MR) is 181 cm³/mol. The van der Waals surface area contributed by atoms with Crippen LogP contribution in [0.4, 0.5) is 16.2 Å². The zero-order chi connectivity index (χ0) is 31.5. The van der Waals surface area contributed by atoms with Crippen molar-refractivity contribution < 1.29 is 14.3 Å². The highest BCUT2D eigenvalue weighted by Gasteiger charge is 2.34. The third kappa shape index (κ3) is 7.33. The number of nitrogens with one attached hydrogen (secondary N) is 2. The molecular formula is C34H45N7O3S. The number of hydrogen-bond donors (Lipinski definition) is 2. The van der Waals surface area contributed by atoms with Crippen molar-refractivity contribution in [1.29, 1.82) is 0 Å². The monoisotopic (exact) mass is 631 g/mol. The summed E-state index contributed by atoms with van der Waals surface area (Å²) in [6.07, 6.45) is 6.90. The number of carbonyl (C=O) groups is 2. The van der Waals surface area contributed by atoms with Gasteiger partial charge in [-0.1, -0.05) is 23.9 Å². The fourth-order valence-electron chi connectivity index (χ4n) is 6.43. The fraction of sp³-hybridized carbons (Fsp3) is 0.471. The summed E-state index contributed by atoms with van der Waals surface area (Å²) >= 11 is 1.79. The highest BCUT2D eigenvalue weighted by atomic mass is 32.2. The highest BCUT2D eigenvalue weighted by Crippen LogP contribution is 2.42. The van der Waals surface area contributed by atoms with Gasteiger partial charge in [0.05, 0.1) is 30.5 Å². The molecule has 6 rings (SSSR count). The molecular weight excluding hydrogens is 586 g/mol. The van der Waals surface area contributed by atoms with E-state index in [1.165, 1.54) is 22.8 Å². The van der Waals surface area contributed by atoms with Gasteiger partial charge in [0, 0.05) is 72.9 Å².